The van der Waals surface area contributed by atoms with Crippen LogP contribution in [0.1, 0.15) is 0 Å². The van der Waals surface area contributed by atoms with E-state index in [-0.39, 0.29) is 12.1 Å². The maximum atomic E-state index is 11.4. The van der Waals surface area contributed by atoms with Gasteiger partial charge in [-0.2, -0.15) is 0 Å². The molecule has 1 saturated heterocycles. The Kier molecular flexibility index (Phi) is 5.31. The Morgan fingerprint density at radius 2 is 2.14 bits per heavy atom. The molecule has 2 aromatic heterocycles. The lowest BCUT2D eigenvalue weighted by molar-refractivity contribution is 0.0423. The van der Waals surface area contributed by atoms with E-state index < -0.39 is 0 Å². The zero-order valence-corrected chi connectivity index (χ0v) is 16.2. The Hall–Kier alpha value is -2.84. The Labute approximate surface area is 167 Å². The Bertz CT molecular complexity index is 974. The van der Waals surface area contributed by atoms with Crippen molar-refractivity contribution in [2.75, 3.05) is 38.2 Å². The van der Waals surface area contributed by atoms with Gasteiger partial charge in [0, 0.05) is 43.3 Å². The van der Waals surface area contributed by atoms with Gasteiger partial charge in [0.15, 0.2) is 5.82 Å². The smallest absolute Gasteiger partial charge is 0.314 e. The van der Waals surface area contributed by atoms with Crippen molar-refractivity contribution in [3.63, 3.8) is 0 Å². The van der Waals surface area contributed by atoms with Gasteiger partial charge >= 0.3 is 6.03 Å². The fraction of sp³-hybridized carbons (Fsp3) is 0.316. The minimum absolute atomic E-state index is 0.108. The average molecular weight is 401 g/mol. The van der Waals surface area contributed by atoms with Crippen LogP contribution in [0.4, 0.5) is 10.6 Å². The van der Waals surface area contributed by atoms with Gasteiger partial charge in [-0.25, -0.2) is 9.48 Å². The van der Waals surface area contributed by atoms with E-state index >= 15 is 0 Å². The molecular weight excluding hydrogens is 380 g/mol. The van der Waals surface area contributed by atoms with Gasteiger partial charge in [-0.3, -0.25) is 4.98 Å². The summed E-state index contributed by atoms with van der Waals surface area (Å²) < 4.78 is 7.67. The number of pyridine rings is 1. The van der Waals surface area contributed by atoms with Crippen molar-refractivity contribution >= 4 is 34.4 Å². The largest absolute Gasteiger partial charge is 0.373 e. The van der Waals surface area contributed by atoms with Crippen LogP contribution in [0, 0.1) is 0 Å². The zero-order chi connectivity index (χ0) is 19.5. The summed E-state index contributed by atoms with van der Waals surface area (Å²) >= 11 is 6.02. The number of morpholine rings is 1. The molecule has 0 bridgehead atoms. The van der Waals surface area contributed by atoms with Crippen molar-refractivity contribution in [1.82, 2.24) is 25.4 Å². The van der Waals surface area contributed by atoms with Gasteiger partial charge in [0.25, 0.3) is 0 Å². The number of benzene rings is 1. The lowest BCUT2D eigenvalue weighted by atomic mass is 10.2. The molecule has 146 valence electrons. The summed E-state index contributed by atoms with van der Waals surface area (Å²) in [5.41, 5.74) is 1.84. The molecule has 1 unspecified atom stereocenters. The van der Waals surface area contributed by atoms with E-state index in [0.29, 0.717) is 24.7 Å². The molecule has 3 aromatic rings. The lowest BCUT2D eigenvalue weighted by Gasteiger charge is -2.33. The molecule has 4 rings (SSSR count). The van der Waals surface area contributed by atoms with Crippen LogP contribution >= 0.6 is 11.6 Å². The van der Waals surface area contributed by atoms with Crippen LogP contribution in [0.5, 0.6) is 0 Å². The van der Waals surface area contributed by atoms with Crippen molar-refractivity contribution in [1.29, 1.82) is 0 Å². The second-order valence-corrected chi connectivity index (χ2v) is 6.94. The summed E-state index contributed by atoms with van der Waals surface area (Å²) in [4.78, 5) is 17.9. The third-order valence-corrected chi connectivity index (χ3v) is 4.94. The van der Waals surface area contributed by atoms with E-state index in [9.17, 15) is 4.79 Å². The first-order valence-corrected chi connectivity index (χ1v) is 9.44. The van der Waals surface area contributed by atoms with Crippen LogP contribution < -0.4 is 15.5 Å². The number of amides is 2. The molecule has 2 amide bonds. The fourth-order valence-corrected chi connectivity index (χ4v) is 3.42. The predicted molar refractivity (Wildman–Crippen MR) is 108 cm³/mol. The van der Waals surface area contributed by atoms with Crippen LogP contribution in [-0.4, -0.2) is 60.2 Å². The highest BCUT2D eigenvalue weighted by atomic mass is 35.5. The van der Waals surface area contributed by atoms with E-state index in [0.717, 1.165) is 29.0 Å². The Morgan fingerprint density at radius 1 is 1.32 bits per heavy atom. The molecule has 2 N–H and O–H groups in total. The summed E-state index contributed by atoms with van der Waals surface area (Å²) in [6.07, 6.45) is 3.47. The van der Waals surface area contributed by atoms with Gasteiger partial charge in [-0.05, 0) is 30.3 Å². The second-order valence-electron chi connectivity index (χ2n) is 6.50. The summed E-state index contributed by atoms with van der Waals surface area (Å²) in [7, 11) is 1.59. The minimum Gasteiger partial charge on any atom is -0.373 e. The lowest BCUT2D eigenvalue weighted by Crippen LogP contribution is -2.49. The molecule has 1 atom stereocenters. The first kappa shape index (κ1) is 18.5. The van der Waals surface area contributed by atoms with Gasteiger partial charge in [-0.15, -0.1) is 5.10 Å². The molecule has 1 aliphatic rings. The van der Waals surface area contributed by atoms with Crippen LogP contribution in [0.15, 0.2) is 42.7 Å². The number of anilines is 1. The average Bonchev–Trinajstić information content (AvgIpc) is 3.12. The zero-order valence-electron chi connectivity index (χ0n) is 15.4. The van der Waals surface area contributed by atoms with Gasteiger partial charge in [0.1, 0.15) is 0 Å². The van der Waals surface area contributed by atoms with Crippen LogP contribution in [-0.2, 0) is 4.74 Å². The number of halogens is 1. The number of fused-ring (bicyclic) bond motifs is 1. The van der Waals surface area contributed by atoms with Crippen molar-refractivity contribution < 1.29 is 9.53 Å². The molecule has 28 heavy (non-hydrogen) atoms. The first-order valence-electron chi connectivity index (χ1n) is 9.06. The number of nitrogens with zero attached hydrogens (tertiary/aromatic N) is 4. The van der Waals surface area contributed by atoms with E-state index in [1.807, 2.05) is 41.2 Å². The third-order valence-electron chi connectivity index (χ3n) is 4.69. The molecule has 1 aromatic carbocycles. The molecule has 0 aliphatic carbocycles. The number of nitrogens with one attached hydrogen (secondary N) is 2. The second kappa shape index (κ2) is 8.04. The summed E-state index contributed by atoms with van der Waals surface area (Å²) in [5.74, 6) is 0.876. The van der Waals surface area contributed by atoms with Crippen LogP contribution in [0.25, 0.3) is 16.6 Å². The van der Waals surface area contributed by atoms with E-state index in [1.54, 1.807) is 13.2 Å². The Morgan fingerprint density at radius 3 is 2.93 bits per heavy atom. The summed E-state index contributed by atoms with van der Waals surface area (Å²) in [6.45, 7) is 2.37. The number of carbonyl (C=O) groups excluding carboxylic acids is 1. The van der Waals surface area contributed by atoms with Gasteiger partial charge in [0.05, 0.1) is 30.1 Å². The van der Waals surface area contributed by atoms with Gasteiger partial charge in [-0.1, -0.05) is 11.6 Å². The van der Waals surface area contributed by atoms with Crippen molar-refractivity contribution in [2.45, 2.75) is 6.10 Å². The van der Waals surface area contributed by atoms with E-state index in [1.165, 1.54) is 0 Å². The Balaban J connectivity index is 1.63. The number of carbonyl (C=O) groups is 1. The van der Waals surface area contributed by atoms with Gasteiger partial charge in [0.2, 0.25) is 0 Å². The molecule has 0 spiro atoms. The molecule has 1 aliphatic heterocycles. The number of hydrogen-bond acceptors (Lipinski definition) is 5. The quantitative estimate of drug-likeness (QED) is 0.701. The maximum Gasteiger partial charge on any atom is 0.314 e. The fourth-order valence-electron chi connectivity index (χ4n) is 3.29. The number of ether oxygens (including phenoxy) is 1. The number of urea groups is 1. The monoisotopic (exact) mass is 400 g/mol. The maximum absolute atomic E-state index is 11.4. The number of hydrogen-bond donors (Lipinski definition) is 2. The van der Waals surface area contributed by atoms with Gasteiger partial charge < -0.3 is 20.3 Å². The molecule has 8 nitrogen and oxygen atoms in total. The summed E-state index contributed by atoms with van der Waals surface area (Å²) in [5, 5.41) is 11.9. The minimum atomic E-state index is -0.218. The first-order chi connectivity index (χ1) is 13.7. The highest BCUT2D eigenvalue weighted by Crippen LogP contribution is 2.29. The SMILES string of the molecule is CNC(=O)NCC1CN(c2nn(-c3ccc(Cl)cc3)c3cnccc23)CCO1. The van der Waals surface area contributed by atoms with Crippen molar-refractivity contribution in [2.24, 2.45) is 0 Å². The molecule has 0 radical (unpaired) electrons. The van der Waals surface area contributed by atoms with Crippen molar-refractivity contribution in [3.05, 3.63) is 47.7 Å². The van der Waals surface area contributed by atoms with Crippen LogP contribution in [0.3, 0.4) is 0 Å². The molecular formula is C19H21ClN6O2. The van der Waals surface area contributed by atoms with Crippen molar-refractivity contribution in [3.8, 4) is 5.69 Å². The third kappa shape index (κ3) is 3.74. The molecule has 0 saturated carbocycles. The standard InChI is InChI=1S/C19H21ClN6O2/c1-21-19(27)23-10-15-12-25(8-9-28-15)18-16-6-7-22-11-17(16)26(24-18)14-4-2-13(20)3-5-14/h2-7,11,15H,8-10,12H2,1H3,(H2,21,23,27). The normalized spacial score (nSPS) is 16.9. The highest BCUT2D eigenvalue weighted by molar-refractivity contribution is 6.30. The van der Waals surface area contributed by atoms with E-state index in [2.05, 4.69) is 20.5 Å². The molecule has 1 fully saturated rings. The topological polar surface area (TPSA) is 84.3 Å². The molecule has 9 heteroatoms. The number of aromatic nitrogens is 3. The van der Waals surface area contributed by atoms with Crippen LogP contribution in [0.2, 0.25) is 5.02 Å². The number of rotatable bonds is 4. The highest BCUT2D eigenvalue weighted by Gasteiger charge is 2.25. The van der Waals surface area contributed by atoms with E-state index in [4.69, 9.17) is 21.4 Å². The summed E-state index contributed by atoms with van der Waals surface area (Å²) in [6, 6.07) is 9.30. The predicted octanol–water partition coefficient (Wildman–Crippen LogP) is 2.21. The molecule has 3 heterocycles.